The molecule has 0 saturated heterocycles. The Morgan fingerprint density at radius 1 is 1.00 bits per heavy atom. The molecule has 3 nitrogen and oxygen atoms in total. The maximum atomic E-state index is 10.6. The van der Waals surface area contributed by atoms with Crippen LogP contribution in [0.2, 0.25) is 0 Å². The molecule has 0 aliphatic carbocycles. The van der Waals surface area contributed by atoms with Crippen molar-refractivity contribution in [1.29, 1.82) is 5.26 Å². The second-order valence-electron chi connectivity index (χ2n) is 3.95. The quantitative estimate of drug-likeness (QED) is 0.537. The number of hydrogen-bond donors (Lipinski definition) is 1. The van der Waals surface area contributed by atoms with Crippen LogP contribution in [-0.2, 0) is 4.79 Å². The molecule has 0 heterocycles. The van der Waals surface area contributed by atoms with Crippen molar-refractivity contribution in [2.75, 3.05) is 0 Å². The molecule has 4 heteroatoms. The third kappa shape index (κ3) is 4.41. The van der Waals surface area contributed by atoms with Crippen LogP contribution in [0.15, 0.2) is 60.7 Å². The van der Waals surface area contributed by atoms with Crippen molar-refractivity contribution in [2.45, 2.75) is 0 Å². The molecule has 2 aromatic carbocycles. The van der Waals surface area contributed by atoms with Gasteiger partial charge in [0.15, 0.2) is 0 Å². The average molecular weight is 289 g/mol. The topological polar surface area (TPSA) is 61.1 Å². The maximum absolute atomic E-state index is 10.6. The third-order valence-electron chi connectivity index (χ3n) is 2.69. The standard InChI is InChI=1S/C16H11NO2.K.H/c17-11-15(10-16(18)19)14-8-6-13(7-9-14)12-4-2-1-3-5-12;;/h1-10H,(H,18,19);;/b15-10+;;. The van der Waals surface area contributed by atoms with Crippen LogP contribution < -0.4 is 0 Å². The van der Waals surface area contributed by atoms with E-state index in [1.54, 1.807) is 12.1 Å². The molecule has 0 fully saturated rings. The SMILES string of the molecule is N#C/C(=C\C(=O)O)c1ccc(-c2ccccc2)cc1.[KH]. The van der Waals surface area contributed by atoms with Gasteiger partial charge in [-0.05, 0) is 16.7 Å². The molecular weight excluding hydrogens is 277 g/mol. The number of nitrogens with zero attached hydrogens (tertiary/aromatic N) is 1. The molecular formula is C16H12KNO2. The summed E-state index contributed by atoms with van der Waals surface area (Å²) in [5.74, 6) is -1.12. The summed E-state index contributed by atoms with van der Waals surface area (Å²) >= 11 is 0. The number of carboxylic acids is 1. The molecule has 2 rings (SSSR count). The number of allylic oxidation sites excluding steroid dienone is 1. The molecule has 0 aliphatic rings. The van der Waals surface area contributed by atoms with Gasteiger partial charge in [-0.25, -0.2) is 4.79 Å². The van der Waals surface area contributed by atoms with Gasteiger partial charge < -0.3 is 5.11 Å². The molecule has 0 atom stereocenters. The van der Waals surface area contributed by atoms with Crippen molar-refractivity contribution in [3.05, 3.63) is 66.2 Å². The van der Waals surface area contributed by atoms with Crippen molar-refractivity contribution < 1.29 is 9.90 Å². The Morgan fingerprint density at radius 3 is 2.05 bits per heavy atom. The summed E-state index contributed by atoms with van der Waals surface area (Å²) < 4.78 is 0. The fourth-order valence-corrected chi connectivity index (χ4v) is 1.78. The van der Waals surface area contributed by atoms with Gasteiger partial charge in [-0.15, -0.1) is 0 Å². The van der Waals surface area contributed by atoms with Crippen LogP contribution in [0.4, 0.5) is 0 Å². The summed E-state index contributed by atoms with van der Waals surface area (Å²) in [7, 11) is 0. The van der Waals surface area contributed by atoms with Crippen LogP contribution >= 0.6 is 0 Å². The first-order chi connectivity index (χ1) is 9.20. The van der Waals surface area contributed by atoms with Gasteiger partial charge in [0, 0.05) is 6.08 Å². The van der Waals surface area contributed by atoms with E-state index in [1.165, 1.54) is 0 Å². The molecule has 0 amide bonds. The Labute approximate surface area is 160 Å². The summed E-state index contributed by atoms with van der Waals surface area (Å²) in [4.78, 5) is 10.6. The van der Waals surface area contributed by atoms with E-state index in [4.69, 9.17) is 10.4 Å². The van der Waals surface area contributed by atoms with E-state index in [9.17, 15) is 4.79 Å². The van der Waals surface area contributed by atoms with Crippen molar-refractivity contribution in [2.24, 2.45) is 0 Å². The second kappa shape index (κ2) is 8.15. The first-order valence-corrected chi connectivity index (χ1v) is 5.71. The summed E-state index contributed by atoms with van der Waals surface area (Å²) in [5.41, 5.74) is 2.85. The predicted octanol–water partition coefficient (Wildman–Crippen LogP) is 2.70. The van der Waals surface area contributed by atoms with E-state index >= 15 is 0 Å². The van der Waals surface area contributed by atoms with Gasteiger partial charge >= 0.3 is 57.4 Å². The minimum atomic E-state index is -1.12. The number of carboxylic acid groups (broad SMARTS) is 1. The summed E-state index contributed by atoms with van der Waals surface area (Å²) in [6.45, 7) is 0. The fourth-order valence-electron chi connectivity index (χ4n) is 1.78. The first kappa shape index (κ1) is 16.8. The Bertz CT molecular complexity index is 655. The van der Waals surface area contributed by atoms with Crippen LogP contribution in [0.1, 0.15) is 5.56 Å². The normalized spacial score (nSPS) is 10.2. The van der Waals surface area contributed by atoms with E-state index in [0.29, 0.717) is 5.56 Å². The van der Waals surface area contributed by atoms with Crippen LogP contribution in [0, 0.1) is 11.3 Å². The molecule has 0 spiro atoms. The zero-order chi connectivity index (χ0) is 13.7. The molecule has 0 unspecified atom stereocenters. The monoisotopic (exact) mass is 289 g/mol. The third-order valence-corrected chi connectivity index (χ3v) is 2.69. The summed E-state index contributed by atoms with van der Waals surface area (Å²) in [5, 5.41) is 17.6. The zero-order valence-corrected chi connectivity index (χ0v) is 10.1. The predicted molar refractivity (Wildman–Crippen MR) is 80.3 cm³/mol. The molecule has 2 aromatic rings. The summed E-state index contributed by atoms with van der Waals surface area (Å²) in [6, 6.07) is 19.0. The molecule has 0 bridgehead atoms. The number of carbonyl (C=O) groups is 1. The van der Waals surface area contributed by atoms with Gasteiger partial charge in [0.05, 0.1) is 5.57 Å². The molecule has 20 heavy (non-hydrogen) atoms. The van der Waals surface area contributed by atoms with Crippen LogP contribution in [0.5, 0.6) is 0 Å². The Morgan fingerprint density at radius 2 is 1.55 bits per heavy atom. The van der Waals surface area contributed by atoms with Gasteiger partial charge in [0.1, 0.15) is 6.07 Å². The van der Waals surface area contributed by atoms with Crippen LogP contribution in [0.25, 0.3) is 16.7 Å². The zero-order valence-electron chi connectivity index (χ0n) is 10.1. The molecule has 0 aliphatic heterocycles. The van der Waals surface area contributed by atoms with E-state index in [0.717, 1.165) is 17.2 Å². The van der Waals surface area contributed by atoms with Gasteiger partial charge in [-0.2, -0.15) is 5.26 Å². The fraction of sp³-hybridized carbons (Fsp3) is 0. The Kier molecular flexibility index (Phi) is 6.86. The number of aliphatic carboxylic acids is 1. The van der Waals surface area contributed by atoms with E-state index < -0.39 is 5.97 Å². The summed E-state index contributed by atoms with van der Waals surface area (Å²) in [6.07, 6.45) is 0.914. The van der Waals surface area contributed by atoms with Gasteiger partial charge in [0.25, 0.3) is 0 Å². The number of rotatable bonds is 3. The molecule has 0 aromatic heterocycles. The van der Waals surface area contributed by atoms with Crippen LogP contribution in [0.3, 0.4) is 0 Å². The van der Waals surface area contributed by atoms with Gasteiger partial charge in [-0.1, -0.05) is 54.6 Å². The van der Waals surface area contributed by atoms with E-state index in [2.05, 4.69) is 0 Å². The molecule has 0 saturated carbocycles. The molecule has 0 radical (unpaired) electrons. The molecule has 94 valence electrons. The van der Waals surface area contributed by atoms with Crippen LogP contribution in [-0.4, -0.2) is 62.5 Å². The van der Waals surface area contributed by atoms with Gasteiger partial charge in [0.2, 0.25) is 0 Å². The number of nitriles is 1. The minimum absolute atomic E-state index is 0. The van der Waals surface area contributed by atoms with Crippen molar-refractivity contribution in [1.82, 2.24) is 0 Å². The molecule has 1 N–H and O–H groups in total. The number of hydrogen-bond acceptors (Lipinski definition) is 2. The number of benzene rings is 2. The van der Waals surface area contributed by atoms with E-state index in [-0.39, 0.29) is 57.0 Å². The average Bonchev–Trinajstić information content (AvgIpc) is 2.46. The van der Waals surface area contributed by atoms with Crippen molar-refractivity contribution >= 4 is 62.9 Å². The van der Waals surface area contributed by atoms with Crippen molar-refractivity contribution in [3.8, 4) is 17.2 Å². The van der Waals surface area contributed by atoms with Gasteiger partial charge in [-0.3, -0.25) is 0 Å². The van der Waals surface area contributed by atoms with E-state index in [1.807, 2.05) is 48.5 Å². The van der Waals surface area contributed by atoms with Crippen molar-refractivity contribution in [3.63, 3.8) is 0 Å². The second-order valence-corrected chi connectivity index (χ2v) is 3.95. The Hall–Kier alpha value is -1.22. The first-order valence-electron chi connectivity index (χ1n) is 5.71. The Balaban J connectivity index is 0.00000200.